The number of benzene rings is 2. The van der Waals surface area contributed by atoms with Crippen LogP contribution in [0.15, 0.2) is 42.5 Å². The molecule has 0 aliphatic rings. The fraction of sp³-hybridized carbons (Fsp3) is 0.0714. The first kappa shape index (κ1) is 11.6. The minimum absolute atomic E-state index is 0.336. The second-order valence-corrected chi connectivity index (χ2v) is 4.16. The van der Waals surface area contributed by atoms with Crippen LogP contribution >= 0.6 is 11.6 Å². The molecule has 0 radical (unpaired) electrons. The van der Waals surface area contributed by atoms with Crippen LogP contribution in [0.25, 0.3) is 0 Å². The van der Waals surface area contributed by atoms with E-state index in [-0.39, 0.29) is 5.82 Å². The van der Waals surface area contributed by atoms with Crippen molar-refractivity contribution in [2.24, 2.45) is 0 Å². The summed E-state index contributed by atoms with van der Waals surface area (Å²) < 4.78 is 13.6. The molecule has 0 unspecified atom stereocenters. The van der Waals surface area contributed by atoms with E-state index in [4.69, 9.17) is 16.9 Å². The molecule has 2 aromatic carbocycles. The highest BCUT2D eigenvalue weighted by atomic mass is 35.5. The van der Waals surface area contributed by atoms with Crippen LogP contribution in [-0.2, 0) is 6.42 Å². The Morgan fingerprint density at radius 3 is 2.41 bits per heavy atom. The van der Waals surface area contributed by atoms with E-state index < -0.39 is 0 Å². The molecule has 0 aliphatic carbocycles. The van der Waals surface area contributed by atoms with Gasteiger partial charge < -0.3 is 0 Å². The van der Waals surface area contributed by atoms with Crippen molar-refractivity contribution >= 4 is 11.6 Å². The molecule has 0 fully saturated rings. The average molecular weight is 246 g/mol. The van der Waals surface area contributed by atoms with Crippen molar-refractivity contribution in [2.45, 2.75) is 6.42 Å². The molecule has 0 aromatic heterocycles. The van der Waals surface area contributed by atoms with Gasteiger partial charge in [0.2, 0.25) is 0 Å². The maximum atomic E-state index is 13.6. The molecule has 0 spiro atoms. The first-order valence-corrected chi connectivity index (χ1v) is 5.50. The molecular weight excluding hydrogens is 237 g/mol. The third-order valence-electron chi connectivity index (χ3n) is 2.49. The zero-order valence-corrected chi connectivity index (χ0v) is 9.71. The lowest BCUT2D eigenvalue weighted by Crippen LogP contribution is -1.93. The van der Waals surface area contributed by atoms with Gasteiger partial charge in [-0.1, -0.05) is 29.8 Å². The summed E-state index contributed by atoms with van der Waals surface area (Å²) in [4.78, 5) is 0. The Labute approximate surface area is 104 Å². The summed E-state index contributed by atoms with van der Waals surface area (Å²) in [6, 6.07) is 13.7. The Hall–Kier alpha value is -1.85. The van der Waals surface area contributed by atoms with Crippen molar-refractivity contribution in [1.29, 1.82) is 5.26 Å². The molecule has 0 aliphatic heterocycles. The highest BCUT2D eigenvalue weighted by Crippen LogP contribution is 2.16. The molecule has 0 saturated carbocycles. The van der Waals surface area contributed by atoms with Gasteiger partial charge in [-0.05, 0) is 35.4 Å². The minimum Gasteiger partial charge on any atom is -0.207 e. The molecule has 0 amide bonds. The molecule has 1 nitrogen and oxygen atoms in total. The zero-order chi connectivity index (χ0) is 12.3. The maximum Gasteiger partial charge on any atom is 0.128 e. The lowest BCUT2D eigenvalue weighted by atomic mass is 10.0. The van der Waals surface area contributed by atoms with E-state index in [2.05, 4.69) is 0 Å². The standard InChI is InChI=1S/C14H9ClFN/c15-13-5-2-10(3-6-13)7-12-4-1-11(9-17)8-14(12)16/h1-6,8H,7H2. The molecule has 3 heteroatoms. The van der Waals surface area contributed by atoms with E-state index in [0.717, 1.165) is 5.56 Å². The maximum absolute atomic E-state index is 13.6. The Kier molecular flexibility index (Phi) is 3.41. The first-order valence-electron chi connectivity index (χ1n) is 5.12. The first-order chi connectivity index (χ1) is 8.19. The fourth-order valence-electron chi connectivity index (χ4n) is 1.58. The van der Waals surface area contributed by atoms with Gasteiger partial charge in [-0.2, -0.15) is 5.26 Å². The molecule has 17 heavy (non-hydrogen) atoms. The summed E-state index contributed by atoms with van der Waals surface area (Å²) in [6.07, 6.45) is 0.495. The summed E-state index contributed by atoms with van der Waals surface area (Å²) in [5, 5.41) is 9.30. The molecule has 0 N–H and O–H groups in total. The molecule has 0 bridgehead atoms. The van der Waals surface area contributed by atoms with E-state index in [1.807, 2.05) is 18.2 Å². The van der Waals surface area contributed by atoms with Gasteiger partial charge in [0.05, 0.1) is 11.6 Å². The number of hydrogen-bond donors (Lipinski definition) is 0. The second kappa shape index (κ2) is 4.99. The van der Waals surface area contributed by atoms with Gasteiger partial charge in [-0.25, -0.2) is 4.39 Å². The van der Waals surface area contributed by atoms with Crippen LogP contribution in [0.5, 0.6) is 0 Å². The van der Waals surface area contributed by atoms with Gasteiger partial charge in [-0.15, -0.1) is 0 Å². The Morgan fingerprint density at radius 2 is 1.82 bits per heavy atom. The van der Waals surface area contributed by atoms with Crippen molar-refractivity contribution in [3.63, 3.8) is 0 Å². The van der Waals surface area contributed by atoms with Crippen LogP contribution in [-0.4, -0.2) is 0 Å². The lowest BCUT2D eigenvalue weighted by Gasteiger charge is -2.04. The predicted molar refractivity (Wildman–Crippen MR) is 65.4 cm³/mol. The average Bonchev–Trinajstić information content (AvgIpc) is 2.34. The second-order valence-electron chi connectivity index (χ2n) is 3.72. The molecule has 0 atom stereocenters. The summed E-state index contributed by atoms with van der Waals surface area (Å²) in [6.45, 7) is 0. The van der Waals surface area contributed by atoms with Gasteiger partial charge in [-0.3, -0.25) is 0 Å². The lowest BCUT2D eigenvalue weighted by molar-refractivity contribution is 0.613. The number of nitriles is 1. The van der Waals surface area contributed by atoms with Crippen LogP contribution < -0.4 is 0 Å². The smallest absolute Gasteiger partial charge is 0.128 e. The molecule has 2 rings (SSSR count). The summed E-state index contributed by atoms with van der Waals surface area (Å²) in [7, 11) is 0. The number of hydrogen-bond acceptors (Lipinski definition) is 1. The van der Waals surface area contributed by atoms with Crippen LogP contribution in [0.4, 0.5) is 4.39 Å². The minimum atomic E-state index is -0.348. The van der Waals surface area contributed by atoms with Gasteiger partial charge in [0, 0.05) is 11.4 Å². The third-order valence-corrected chi connectivity index (χ3v) is 2.74. The van der Waals surface area contributed by atoms with Crippen molar-refractivity contribution < 1.29 is 4.39 Å². The topological polar surface area (TPSA) is 23.8 Å². The van der Waals surface area contributed by atoms with Crippen LogP contribution in [0.2, 0.25) is 5.02 Å². The third kappa shape index (κ3) is 2.83. The quantitative estimate of drug-likeness (QED) is 0.786. The Balaban J connectivity index is 2.25. The molecular formula is C14H9ClFN. The van der Waals surface area contributed by atoms with E-state index in [0.29, 0.717) is 22.6 Å². The molecule has 2 aromatic rings. The van der Waals surface area contributed by atoms with Gasteiger partial charge in [0.25, 0.3) is 0 Å². The fourth-order valence-corrected chi connectivity index (χ4v) is 1.71. The largest absolute Gasteiger partial charge is 0.207 e. The molecule has 0 heterocycles. The van der Waals surface area contributed by atoms with E-state index >= 15 is 0 Å². The summed E-state index contributed by atoms with van der Waals surface area (Å²) in [5.41, 5.74) is 1.90. The van der Waals surface area contributed by atoms with Crippen molar-refractivity contribution in [3.8, 4) is 6.07 Å². The molecule has 84 valence electrons. The highest BCUT2D eigenvalue weighted by molar-refractivity contribution is 6.30. The van der Waals surface area contributed by atoms with E-state index in [1.165, 1.54) is 6.07 Å². The van der Waals surface area contributed by atoms with Crippen molar-refractivity contribution in [1.82, 2.24) is 0 Å². The summed E-state index contributed by atoms with van der Waals surface area (Å²) >= 11 is 5.78. The number of rotatable bonds is 2. The van der Waals surface area contributed by atoms with Gasteiger partial charge in [0.1, 0.15) is 5.82 Å². The van der Waals surface area contributed by atoms with Crippen molar-refractivity contribution in [2.75, 3.05) is 0 Å². The van der Waals surface area contributed by atoms with Gasteiger partial charge >= 0.3 is 0 Å². The number of nitrogens with zero attached hydrogens (tertiary/aromatic N) is 1. The van der Waals surface area contributed by atoms with Crippen LogP contribution in [0, 0.1) is 17.1 Å². The SMILES string of the molecule is N#Cc1ccc(Cc2ccc(Cl)cc2)c(F)c1. The summed E-state index contributed by atoms with van der Waals surface area (Å²) in [5.74, 6) is -0.348. The zero-order valence-electron chi connectivity index (χ0n) is 8.95. The monoisotopic (exact) mass is 245 g/mol. The van der Waals surface area contributed by atoms with Crippen LogP contribution in [0.1, 0.15) is 16.7 Å². The van der Waals surface area contributed by atoms with E-state index in [9.17, 15) is 4.39 Å². The Morgan fingerprint density at radius 1 is 1.12 bits per heavy atom. The normalized spacial score (nSPS) is 9.94. The molecule has 0 saturated heterocycles. The van der Waals surface area contributed by atoms with Gasteiger partial charge in [0.15, 0.2) is 0 Å². The highest BCUT2D eigenvalue weighted by Gasteiger charge is 2.04. The van der Waals surface area contributed by atoms with Crippen LogP contribution in [0.3, 0.4) is 0 Å². The van der Waals surface area contributed by atoms with E-state index in [1.54, 1.807) is 24.3 Å². The Bertz CT molecular complexity index is 570. The number of halogens is 2. The predicted octanol–water partition coefficient (Wildman–Crippen LogP) is 3.94. The van der Waals surface area contributed by atoms with Crippen molar-refractivity contribution in [3.05, 3.63) is 70.0 Å².